The Labute approximate surface area is 134 Å². The van der Waals surface area contributed by atoms with E-state index in [0.717, 1.165) is 0 Å². The van der Waals surface area contributed by atoms with Crippen LogP contribution in [0.15, 0.2) is 24.3 Å². The van der Waals surface area contributed by atoms with Crippen molar-refractivity contribution in [2.45, 2.75) is 19.4 Å². The third kappa shape index (κ3) is 4.29. The molecule has 7 nitrogen and oxygen atoms in total. The molecule has 1 atom stereocenters. The van der Waals surface area contributed by atoms with E-state index in [0.29, 0.717) is 17.7 Å². The summed E-state index contributed by atoms with van der Waals surface area (Å²) in [5, 5.41) is 11.6. The van der Waals surface area contributed by atoms with Crippen LogP contribution in [-0.2, 0) is 19.4 Å². The second kappa shape index (κ2) is 6.79. The van der Waals surface area contributed by atoms with Crippen molar-refractivity contribution in [1.29, 1.82) is 5.26 Å². The molecule has 8 heteroatoms. The number of rotatable bonds is 4. The van der Waals surface area contributed by atoms with Crippen LogP contribution in [0.4, 0.5) is 5.69 Å². The summed E-state index contributed by atoms with van der Waals surface area (Å²) in [7, 11) is -3.15. The minimum Gasteiger partial charge on any atom is -0.330 e. The predicted octanol–water partition coefficient (Wildman–Crippen LogP) is 0.532. The van der Waals surface area contributed by atoms with E-state index in [1.54, 1.807) is 24.3 Å². The molecule has 0 bridgehead atoms. The lowest BCUT2D eigenvalue weighted by Gasteiger charge is -2.26. The van der Waals surface area contributed by atoms with E-state index >= 15 is 0 Å². The first-order valence-corrected chi connectivity index (χ1v) is 8.91. The second-order valence-electron chi connectivity index (χ2n) is 5.41. The highest BCUT2D eigenvalue weighted by atomic mass is 32.2. The van der Waals surface area contributed by atoms with Gasteiger partial charge in [-0.15, -0.1) is 0 Å². The number of benzene rings is 1. The minimum absolute atomic E-state index is 0.0281. The Morgan fingerprint density at radius 2 is 2.09 bits per heavy atom. The van der Waals surface area contributed by atoms with Crippen LogP contribution in [0.2, 0.25) is 0 Å². The van der Waals surface area contributed by atoms with Crippen molar-refractivity contribution in [3.63, 3.8) is 0 Å². The number of nitrogens with zero attached hydrogens (tertiary/aromatic N) is 2. The van der Waals surface area contributed by atoms with Gasteiger partial charge in [0, 0.05) is 13.0 Å². The van der Waals surface area contributed by atoms with Crippen molar-refractivity contribution in [2.75, 3.05) is 23.4 Å². The van der Waals surface area contributed by atoms with Gasteiger partial charge >= 0.3 is 0 Å². The van der Waals surface area contributed by atoms with Gasteiger partial charge in [0.1, 0.15) is 12.6 Å². The van der Waals surface area contributed by atoms with Crippen LogP contribution in [0.25, 0.3) is 0 Å². The van der Waals surface area contributed by atoms with Gasteiger partial charge in [-0.2, -0.15) is 5.26 Å². The lowest BCUT2D eigenvalue weighted by Crippen LogP contribution is -2.44. The molecule has 0 saturated carbocycles. The van der Waals surface area contributed by atoms with Gasteiger partial charge in [0.15, 0.2) is 9.84 Å². The van der Waals surface area contributed by atoms with Gasteiger partial charge in [-0.05, 0) is 18.6 Å². The highest BCUT2D eigenvalue weighted by Crippen LogP contribution is 2.18. The highest BCUT2D eigenvalue weighted by Gasteiger charge is 2.34. The standard InChI is InChI=1S/C15H17N3O4S/c1-11(19)18(13-6-7-23(21,22)10-13)9-15(20)17-14-5-3-2-4-12(14)8-16/h2-5,13H,6-7,9-10H2,1H3,(H,17,20). The molecule has 1 unspecified atom stereocenters. The monoisotopic (exact) mass is 335 g/mol. The third-order valence-corrected chi connectivity index (χ3v) is 5.44. The molecule has 0 spiro atoms. The molecular weight excluding hydrogens is 318 g/mol. The zero-order valence-corrected chi connectivity index (χ0v) is 13.5. The summed E-state index contributed by atoms with van der Waals surface area (Å²) in [5.74, 6) is -0.905. The number of nitrogens with one attached hydrogen (secondary N) is 1. The van der Waals surface area contributed by atoms with Crippen molar-refractivity contribution >= 4 is 27.3 Å². The summed E-state index contributed by atoms with van der Waals surface area (Å²) in [6.07, 6.45) is 0.337. The summed E-state index contributed by atoms with van der Waals surface area (Å²) >= 11 is 0. The van der Waals surface area contributed by atoms with Crippen LogP contribution in [-0.4, -0.2) is 49.2 Å². The quantitative estimate of drug-likeness (QED) is 0.864. The van der Waals surface area contributed by atoms with Crippen LogP contribution in [0.5, 0.6) is 0 Å². The number of hydrogen-bond acceptors (Lipinski definition) is 5. The first-order chi connectivity index (χ1) is 10.8. The first kappa shape index (κ1) is 17.0. The molecule has 23 heavy (non-hydrogen) atoms. The molecule has 2 amide bonds. The zero-order chi connectivity index (χ0) is 17.0. The molecule has 122 valence electrons. The molecule has 1 N–H and O–H groups in total. The van der Waals surface area contributed by atoms with Crippen LogP contribution in [0, 0.1) is 11.3 Å². The van der Waals surface area contributed by atoms with Gasteiger partial charge in [0.25, 0.3) is 0 Å². The van der Waals surface area contributed by atoms with Crippen LogP contribution in [0.3, 0.4) is 0 Å². The molecule has 1 saturated heterocycles. The molecule has 0 aromatic heterocycles. The smallest absolute Gasteiger partial charge is 0.244 e. The number of carbonyl (C=O) groups excluding carboxylic acids is 2. The van der Waals surface area contributed by atoms with Crippen molar-refractivity contribution < 1.29 is 18.0 Å². The number of sulfone groups is 1. The maximum atomic E-state index is 12.1. The van der Waals surface area contributed by atoms with Gasteiger partial charge in [-0.3, -0.25) is 9.59 Å². The molecule has 1 aromatic rings. The van der Waals surface area contributed by atoms with Gasteiger partial charge in [-0.25, -0.2) is 8.42 Å². The SMILES string of the molecule is CC(=O)N(CC(=O)Nc1ccccc1C#N)C1CCS(=O)(=O)C1. The number of carbonyl (C=O) groups is 2. The Kier molecular flexibility index (Phi) is 5.01. The molecule has 1 aliphatic rings. The van der Waals surface area contributed by atoms with Gasteiger partial charge in [-0.1, -0.05) is 12.1 Å². The van der Waals surface area contributed by atoms with Crippen molar-refractivity contribution in [3.8, 4) is 6.07 Å². The van der Waals surface area contributed by atoms with E-state index in [1.807, 2.05) is 6.07 Å². The second-order valence-corrected chi connectivity index (χ2v) is 7.64. The summed E-state index contributed by atoms with van der Waals surface area (Å²) < 4.78 is 23.1. The Morgan fingerprint density at radius 1 is 1.39 bits per heavy atom. The van der Waals surface area contributed by atoms with Crippen LogP contribution >= 0.6 is 0 Å². The largest absolute Gasteiger partial charge is 0.330 e. The molecule has 0 radical (unpaired) electrons. The number of para-hydroxylation sites is 1. The third-order valence-electron chi connectivity index (χ3n) is 3.69. The van der Waals surface area contributed by atoms with E-state index in [-0.39, 0.29) is 24.0 Å². The Bertz CT molecular complexity index is 767. The maximum absolute atomic E-state index is 12.1. The van der Waals surface area contributed by atoms with E-state index in [4.69, 9.17) is 5.26 Å². The Morgan fingerprint density at radius 3 is 2.65 bits per heavy atom. The predicted molar refractivity (Wildman–Crippen MR) is 84.2 cm³/mol. The Balaban J connectivity index is 2.07. The molecule has 1 aliphatic heterocycles. The molecule has 1 heterocycles. The van der Waals surface area contributed by atoms with Crippen molar-refractivity contribution in [2.24, 2.45) is 0 Å². The summed E-state index contributed by atoms with van der Waals surface area (Å²) in [4.78, 5) is 25.2. The molecule has 1 fully saturated rings. The maximum Gasteiger partial charge on any atom is 0.244 e. The van der Waals surface area contributed by atoms with Crippen LogP contribution in [0.1, 0.15) is 18.9 Å². The fraction of sp³-hybridized carbons (Fsp3) is 0.400. The molecule has 2 rings (SSSR count). The number of amides is 2. The lowest BCUT2D eigenvalue weighted by molar-refractivity contribution is -0.134. The van der Waals surface area contributed by atoms with Crippen molar-refractivity contribution in [3.05, 3.63) is 29.8 Å². The zero-order valence-electron chi connectivity index (χ0n) is 12.7. The molecular formula is C15H17N3O4S. The van der Waals surface area contributed by atoms with Crippen molar-refractivity contribution in [1.82, 2.24) is 4.90 Å². The van der Waals surface area contributed by atoms with E-state index in [9.17, 15) is 18.0 Å². The van der Waals surface area contributed by atoms with Gasteiger partial charge in [0.2, 0.25) is 11.8 Å². The molecule has 0 aliphatic carbocycles. The summed E-state index contributed by atoms with van der Waals surface area (Å²) in [5.41, 5.74) is 0.682. The van der Waals surface area contributed by atoms with Gasteiger partial charge < -0.3 is 10.2 Å². The normalized spacial score (nSPS) is 18.9. The topological polar surface area (TPSA) is 107 Å². The Hall–Kier alpha value is -2.40. The molecule has 1 aromatic carbocycles. The highest BCUT2D eigenvalue weighted by molar-refractivity contribution is 7.91. The van der Waals surface area contributed by atoms with E-state index in [1.165, 1.54) is 11.8 Å². The first-order valence-electron chi connectivity index (χ1n) is 7.09. The minimum atomic E-state index is -3.15. The lowest BCUT2D eigenvalue weighted by atomic mass is 10.2. The number of anilines is 1. The fourth-order valence-electron chi connectivity index (χ4n) is 2.55. The van der Waals surface area contributed by atoms with Crippen LogP contribution < -0.4 is 5.32 Å². The number of nitriles is 1. The average Bonchev–Trinajstić information content (AvgIpc) is 2.85. The number of hydrogen-bond donors (Lipinski definition) is 1. The average molecular weight is 335 g/mol. The summed E-state index contributed by atoms with van der Waals surface area (Å²) in [6.45, 7) is 1.07. The fourth-order valence-corrected chi connectivity index (χ4v) is 4.28. The van der Waals surface area contributed by atoms with E-state index < -0.39 is 21.8 Å². The summed E-state index contributed by atoms with van der Waals surface area (Å²) in [6, 6.07) is 8.02. The van der Waals surface area contributed by atoms with E-state index in [2.05, 4.69) is 5.32 Å². The van der Waals surface area contributed by atoms with Gasteiger partial charge in [0.05, 0.1) is 22.8 Å².